The van der Waals surface area contributed by atoms with E-state index in [0.29, 0.717) is 23.2 Å². The Morgan fingerprint density at radius 2 is 1.74 bits per heavy atom. The van der Waals surface area contributed by atoms with Crippen LogP contribution >= 0.6 is 0 Å². The van der Waals surface area contributed by atoms with Gasteiger partial charge in [0.2, 0.25) is 0 Å². The fraction of sp³-hybridized carbons (Fsp3) is 0.875. The van der Waals surface area contributed by atoms with Crippen molar-refractivity contribution in [2.75, 3.05) is 6.61 Å². The van der Waals surface area contributed by atoms with E-state index < -0.39 is 5.60 Å². The number of rotatable bonds is 2. The van der Waals surface area contributed by atoms with Gasteiger partial charge in [-0.3, -0.25) is 4.79 Å². The quantitative estimate of drug-likeness (QED) is 0.721. The van der Waals surface area contributed by atoms with E-state index in [4.69, 9.17) is 0 Å². The van der Waals surface area contributed by atoms with E-state index in [1.54, 1.807) is 0 Å². The zero-order valence-electron chi connectivity index (χ0n) is 17.3. The maximum atomic E-state index is 12.4. The average molecular weight is 373 g/mol. The molecule has 4 fully saturated rings. The van der Waals surface area contributed by atoms with Crippen LogP contribution in [0, 0.1) is 52.3 Å². The third-order valence-electron chi connectivity index (χ3n) is 9.63. The summed E-state index contributed by atoms with van der Waals surface area (Å²) in [5.74, 6) is 8.81. The Kier molecular flexibility index (Phi) is 4.76. The van der Waals surface area contributed by atoms with Crippen LogP contribution in [0.15, 0.2) is 0 Å². The van der Waals surface area contributed by atoms with Gasteiger partial charge in [0.05, 0.1) is 0 Å². The van der Waals surface area contributed by atoms with Crippen LogP contribution in [-0.2, 0) is 4.79 Å². The van der Waals surface area contributed by atoms with Crippen LogP contribution in [0.4, 0.5) is 0 Å². The summed E-state index contributed by atoms with van der Waals surface area (Å²) in [4.78, 5) is 12.4. The van der Waals surface area contributed by atoms with Crippen molar-refractivity contribution in [1.29, 1.82) is 0 Å². The second-order valence-corrected chi connectivity index (χ2v) is 10.6. The van der Waals surface area contributed by atoms with E-state index in [-0.39, 0.29) is 23.7 Å². The Bertz CT molecular complexity index is 675. The van der Waals surface area contributed by atoms with Gasteiger partial charge in [-0.25, -0.2) is 0 Å². The minimum atomic E-state index is -0.777. The van der Waals surface area contributed by atoms with E-state index in [1.807, 2.05) is 6.92 Å². The molecule has 0 heterocycles. The van der Waals surface area contributed by atoms with Crippen LogP contribution in [0.5, 0.6) is 0 Å². The van der Waals surface area contributed by atoms with Gasteiger partial charge in [0, 0.05) is 5.92 Å². The standard InChI is InChI=1S/C24H36O3/c1-4-10-24(27)13-12-22(2)16(14-24)5-6-17-18-7-8-20(21(26)15-25)23(18,3)11-9-19(17)22/h16-20,25,27H,5-9,11-15H2,1-3H3/t16-,17+,18+,19+,20-,22+,23+,24-/m1/s1. The molecule has 0 aliphatic heterocycles. The van der Waals surface area contributed by atoms with Crippen LogP contribution in [-0.4, -0.2) is 28.2 Å². The molecular formula is C24H36O3. The number of aliphatic hydroxyl groups excluding tert-OH is 1. The van der Waals surface area contributed by atoms with Crippen LogP contribution in [0.2, 0.25) is 0 Å². The molecule has 27 heavy (non-hydrogen) atoms. The molecule has 0 spiro atoms. The highest BCUT2D eigenvalue weighted by Crippen LogP contribution is 2.68. The van der Waals surface area contributed by atoms with Crippen molar-refractivity contribution in [1.82, 2.24) is 0 Å². The maximum Gasteiger partial charge on any atom is 0.161 e. The van der Waals surface area contributed by atoms with Crippen LogP contribution < -0.4 is 0 Å². The van der Waals surface area contributed by atoms with Crippen molar-refractivity contribution in [2.24, 2.45) is 40.4 Å². The summed E-state index contributed by atoms with van der Waals surface area (Å²) in [6.45, 7) is 6.36. The summed E-state index contributed by atoms with van der Waals surface area (Å²) in [6, 6.07) is 0. The molecule has 8 atom stereocenters. The summed E-state index contributed by atoms with van der Waals surface area (Å²) in [5.41, 5.74) is -0.376. The number of hydrogen-bond donors (Lipinski definition) is 2. The summed E-state index contributed by atoms with van der Waals surface area (Å²) in [6.07, 6.45) is 9.59. The monoisotopic (exact) mass is 372 g/mol. The first-order valence-corrected chi connectivity index (χ1v) is 11.1. The van der Waals surface area contributed by atoms with Gasteiger partial charge in [-0.05, 0) is 99.2 Å². The number of carbonyl (C=O) groups excluding carboxylic acids is 1. The molecule has 0 aromatic heterocycles. The molecule has 0 unspecified atom stereocenters. The Morgan fingerprint density at radius 1 is 1.00 bits per heavy atom. The lowest BCUT2D eigenvalue weighted by atomic mass is 9.44. The molecule has 0 saturated heterocycles. The molecule has 0 bridgehead atoms. The second-order valence-electron chi connectivity index (χ2n) is 10.6. The van der Waals surface area contributed by atoms with E-state index in [2.05, 4.69) is 25.7 Å². The number of carbonyl (C=O) groups is 1. The minimum absolute atomic E-state index is 0.0651. The second kappa shape index (κ2) is 6.60. The molecule has 0 amide bonds. The first-order chi connectivity index (χ1) is 12.8. The first kappa shape index (κ1) is 19.5. The van der Waals surface area contributed by atoms with E-state index in [1.165, 1.54) is 19.3 Å². The predicted octanol–water partition coefficient (Wildman–Crippen LogP) is 3.96. The topological polar surface area (TPSA) is 57.5 Å². The Hall–Kier alpha value is -0.850. The number of ketones is 1. The molecule has 4 saturated carbocycles. The lowest BCUT2D eigenvalue weighted by Crippen LogP contribution is -2.56. The number of fused-ring (bicyclic) bond motifs is 5. The highest BCUT2D eigenvalue weighted by molar-refractivity contribution is 5.83. The Labute approximate surface area is 164 Å². The largest absolute Gasteiger partial charge is 0.389 e. The van der Waals surface area contributed by atoms with Crippen molar-refractivity contribution < 1.29 is 15.0 Å². The van der Waals surface area contributed by atoms with Gasteiger partial charge < -0.3 is 10.2 Å². The first-order valence-electron chi connectivity index (χ1n) is 11.1. The number of hydrogen-bond acceptors (Lipinski definition) is 3. The van der Waals surface area contributed by atoms with Crippen molar-refractivity contribution in [3.8, 4) is 11.8 Å². The van der Waals surface area contributed by atoms with Gasteiger partial charge >= 0.3 is 0 Å². The molecule has 3 heteroatoms. The Morgan fingerprint density at radius 3 is 2.44 bits per heavy atom. The van der Waals surface area contributed by atoms with Crippen molar-refractivity contribution >= 4 is 5.78 Å². The van der Waals surface area contributed by atoms with Gasteiger partial charge in [0.1, 0.15) is 12.2 Å². The van der Waals surface area contributed by atoms with E-state index in [0.717, 1.165) is 44.4 Å². The highest BCUT2D eigenvalue weighted by Gasteiger charge is 2.61. The SMILES string of the molecule is CC#C[C@@]1(O)CC[C@@]2(C)[C@H](CC[C@@H]3[C@@H]2CC[C@]2(C)[C@@H](C(=O)CO)CC[C@@H]32)C1. The van der Waals surface area contributed by atoms with Crippen molar-refractivity contribution in [3.05, 3.63) is 0 Å². The maximum absolute atomic E-state index is 12.4. The lowest BCUT2D eigenvalue weighted by molar-refractivity contribution is -0.146. The van der Waals surface area contributed by atoms with Gasteiger partial charge in [-0.1, -0.05) is 19.8 Å². The summed E-state index contributed by atoms with van der Waals surface area (Å²) in [5, 5.41) is 20.3. The number of Topliss-reactive ketones (excluding diaryl/α,β-unsaturated/α-hetero) is 1. The third-order valence-corrected chi connectivity index (χ3v) is 9.63. The van der Waals surface area contributed by atoms with Gasteiger partial charge in [0.25, 0.3) is 0 Å². The highest BCUT2D eigenvalue weighted by atomic mass is 16.3. The third kappa shape index (κ3) is 2.82. The summed E-state index contributed by atoms with van der Waals surface area (Å²) in [7, 11) is 0. The molecule has 4 aliphatic rings. The average Bonchev–Trinajstić information content (AvgIpc) is 2.99. The van der Waals surface area contributed by atoms with Crippen molar-refractivity contribution in [2.45, 2.75) is 84.2 Å². The molecule has 0 aromatic rings. The number of aliphatic hydroxyl groups is 2. The molecule has 3 nitrogen and oxygen atoms in total. The molecule has 0 aromatic carbocycles. The minimum Gasteiger partial charge on any atom is -0.389 e. The zero-order chi connectivity index (χ0) is 19.4. The zero-order valence-corrected chi connectivity index (χ0v) is 17.3. The summed E-state index contributed by atoms with van der Waals surface area (Å²) >= 11 is 0. The smallest absolute Gasteiger partial charge is 0.161 e. The fourth-order valence-electron chi connectivity index (χ4n) is 8.23. The summed E-state index contributed by atoms with van der Waals surface area (Å²) < 4.78 is 0. The molecule has 4 rings (SSSR count). The Balaban J connectivity index is 1.58. The van der Waals surface area contributed by atoms with Gasteiger partial charge in [0.15, 0.2) is 5.78 Å². The van der Waals surface area contributed by atoms with E-state index >= 15 is 0 Å². The predicted molar refractivity (Wildman–Crippen MR) is 106 cm³/mol. The van der Waals surface area contributed by atoms with Gasteiger partial charge in [-0.2, -0.15) is 0 Å². The molecule has 2 N–H and O–H groups in total. The lowest BCUT2D eigenvalue weighted by Gasteiger charge is -2.61. The molecule has 150 valence electrons. The normalized spacial score (nSPS) is 51.4. The van der Waals surface area contributed by atoms with Crippen LogP contribution in [0.3, 0.4) is 0 Å². The molecule has 0 radical (unpaired) electrons. The molecular weight excluding hydrogens is 336 g/mol. The van der Waals surface area contributed by atoms with Gasteiger partial charge in [-0.15, -0.1) is 5.92 Å². The van der Waals surface area contributed by atoms with E-state index in [9.17, 15) is 15.0 Å². The van der Waals surface area contributed by atoms with Crippen LogP contribution in [0.1, 0.15) is 78.6 Å². The molecule has 4 aliphatic carbocycles. The van der Waals surface area contributed by atoms with Crippen LogP contribution in [0.25, 0.3) is 0 Å². The van der Waals surface area contributed by atoms with Crippen molar-refractivity contribution in [3.63, 3.8) is 0 Å². The fourth-order valence-corrected chi connectivity index (χ4v) is 8.23.